The second kappa shape index (κ2) is 7.27. The van der Waals surface area contributed by atoms with Gasteiger partial charge in [0.1, 0.15) is 6.10 Å². The second-order valence-corrected chi connectivity index (χ2v) is 9.52. The third kappa shape index (κ3) is 3.24. The number of esters is 1. The molecule has 4 heteroatoms. The lowest BCUT2D eigenvalue weighted by atomic mass is 9.50. The van der Waals surface area contributed by atoms with Gasteiger partial charge in [-0.05, 0) is 68.1 Å². The van der Waals surface area contributed by atoms with Crippen molar-refractivity contribution in [1.82, 2.24) is 0 Å². The predicted octanol–water partition coefficient (Wildman–Crippen LogP) is 3.85. The van der Waals surface area contributed by atoms with Crippen molar-refractivity contribution >= 4 is 5.97 Å². The topological polar surface area (TPSA) is 66.8 Å². The van der Waals surface area contributed by atoms with Gasteiger partial charge in [0.05, 0.1) is 6.10 Å². The molecule has 3 saturated carbocycles. The summed E-state index contributed by atoms with van der Waals surface area (Å²) in [4.78, 5) is 11.7. The fourth-order valence-electron chi connectivity index (χ4n) is 6.64. The van der Waals surface area contributed by atoms with Crippen LogP contribution in [-0.2, 0) is 9.53 Å². The van der Waals surface area contributed by atoms with Crippen molar-refractivity contribution in [2.45, 2.75) is 84.3 Å². The first kappa shape index (κ1) is 19.9. The Hall–Kier alpha value is -0.870. The number of aliphatic hydroxyl groups excluding tert-OH is 2. The van der Waals surface area contributed by atoms with Crippen molar-refractivity contribution in [3.05, 3.63) is 12.2 Å². The summed E-state index contributed by atoms with van der Waals surface area (Å²) in [6.45, 7) is 10.7. The minimum atomic E-state index is -0.385. The SMILES string of the molecule is C=C1CCC2[C@H](CCO)C([C@@]3(C)CC[C@H](O)C[C@@H]3OC(C)=O)CC[C@]12C. The lowest BCUT2D eigenvalue weighted by Gasteiger charge is -2.56. The number of carbonyl (C=O) groups excluding carboxylic acids is 1. The summed E-state index contributed by atoms with van der Waals surface area (Å²) in [5.41, 5.74) is 1.44. The van der Waals surface area contributed by atoms with E-state index < -0.39 is 0 Å². The van der Waals surface area contributed by atoms with Crippen molar-refractivity contribution in [1.29, 1.82) is 0 Å². The van der Waals surface area contributed by atoms with E-state index in [1.54, 1.807) is 0 Å². The molecule has 0 amide bonds. The van der Waals surface area contributed by atoms with Crippen molar-refractivity contribution in [3.63, 3.8) is 0 Å². The number of hydrogen-bond acceptors (Lipinski definition) is 4. The van der Waals surface area contributed by atoms with Crippen LogP contribution in [0, 0.1) is 28.6 Å². The van der Waals surface area contributed by atoms with Gasteiger partial charge in [0.2, 0.25) is 0 Å². The molecule has 0 saturated heterocycles. The smallest absolute Gasteiger partial charge is 0.302 e. The monoisotopic (exact) mass is 364 g/mol. The van der Waals surface area contributed by atoms with Gasteiger partial charge in [0, 0.05) is 25.4 Å². The standard InChI is InChI=1S/C22H36O4/c1-14-5-6-18-17(9-12-23)19(8-11-21(14,18)3)22(4)10-7-16(25)13-20(22)26-15(2)24/h16-20,23,25H,1,5-13H2,2-4H3/t16-,17-,18?,19?,20-,21+,22+/m0/s1. The van der Waals surface area contributed by atoms with Crippen LogP contribution >= 0.6 is 0 Å². The van der Waals surface area contributed by atoms with E-state index in [-0.39, 0.29) is 35.6 Å². The zero-order valence-electron chi connectivity index (χ0n) is 16.7. The van der Waals surface area contributed by atoms with E-state index in [0.717, 1.165) is 44.9 Å². The summed E-state index contributed by atoms with van der Waals surface area (Å²) in [6, 6.07) is 0. The highest BCUT2D eigenvalue weighted by Crippen LogP contribution is 2.63. The molecule has 0 heterocycles. The van der Waals surface area contributed by atoms with Crippen LogP contribution in [0.25, 0.3) is 0 Å². The Morgan fingerprint density at radius 3 is 2.62 bits per heavy atom. The molecule has 148 valence electrons. The molecular weight excluding hydrogens is 328 g/mol. The van der Waals surface area contributed by atoms with Crippen LogP contribution in [0.5, 0.6) is 0 Å². The molecule has 0 bridgehead atoms. The van der Waals surface area contributed by atoms with E-state index in [1.165, 1.54) is 12.5 Å². The van der Waals surface area contributed by atoms with Gasteiger partial charge < -0.3 is 14.9 Å². The maximum atomic E-state index is 11.7. The van der Waals surface area contributed by atoms with Crippen molar-refractivity contribution in [3.8, 4) is 0 Å². The van der Waals surface area contributed by atoms with Gasteiger partial charge in [-0.25, -0.2) is 0 Å². The fourth-order valence-corrected chi connectivity index (χ4v) is 6.64. The van der Waals surface area contributed by atoms with E-state index in [4.69, 9.17) is 4.74 Å². The molecule has 2 unspecified atom stereocenters. The van der Waals surface area contributed by atoms with E-state index in [9.17, 15) is 15.0 Å². The number of ether oxygens (including phenoxy) is 1. The van der Waals surface area contributed by atoms with Crippen molar-refractivity contribution in [2.24, 2.45) is 28.6 Å². The molecule has 3 aliphatic rings. The molecule has 0 aliphatic heterocycles. The molecule has 0 aromatic rings. The van der Waals surface area contributed by atoms with Crippen LogP contribution in [0.3, 0.4) is 0 Å². The first-order chi connectivity index (χ1) is 12.2. The molecule has 0 aromatic heterocycles. The summed E-state index contributed by atoms with van der Waals surface area (Å²) in [6.07, 6.45) is 6.85. The Bertz CT molecular complexity index is 558. The lowest BCUT2D eigenvalue weighted by Crippen LogP contribution is -2.53. The molecule has 26 heavy (non-hydrogen) atoms. The highest BCUT2D eigenvalue weighted by atomic mass is 16.5. The normalized spacial score (nSPS) is 46.0. The number of hydrogen-bond donors (Lipinski definition) is 2. The molecule has 0 radical (unpaired) electrons. The van der Waals surface area contributed by atoms with Gasteiger partial charge in [-0.1, -0.05) is 26.0 Å². The van der Waals surface area contributed by atoms with Crippen LogP contribution in [0.15, 0.2) is 12.2 Å². The summed E-state index contributed by atoms with van der Waals surface area (Å²) in [7, 11) is 0. The average molecular weight is 365 g/mol. The predicted molar refractivity (Wildman–Crippen MR) is 101 cm³/mol. The Balaban J connectivity index is 1.92. The van der Waals surface area contributed by atoms with Gasteiger partial charge in [-0.3, -0.25) is 4.79 Å². The Labute approximate surface area is 158 Å². The van der Waals surface area contributed by atoms with Crippen LogP contribution < -0.4 is 0 Å². The van der Waals surface area contributed by atoms with E-state index in [1.807, 2.05) is 0 Å². The highest BCUT2D eigenvalue weighted by molar-refractivity contribution is 5.66. The summed E-state index contributed by atoms with van der Waals surface area (Å²) >= 11 is 0. The molecule has 7 atom stereocenters. The van der Waals surface area contributed by atoms with Crippen LogP contribution in [-0.4, -0.2) is 35.0 Å². The maximum Gasteiger partial charge on any atom is 0.302 e. The molecule has 3 aliphatic carbocycles. The number of carbonyl (C=O) groups is 1. The Morgan fingerprint density at radius 2 is 1.96 bits per heavy atom. The van der Waals surface area contributed by atoms with Gasteiger partial charge in [-0.15, -0.1) is 0 Å². The Morgan fingerprint density at radius 1 is 1.23 bits per heavy atom. The van der Waals surface area contributed by atoms with Crippen molar-refractivity contribution < 1.29 is 19.7 Å². The van der Waals surface area contributed by atoms with Gasteiger partial charge in [-0.2, -0.15) is 0 Å². The lowest BCUT2D eigenvalue weighted by molar-refractivity contribution is -0.173. The molecule has 3 rings (SSSR count). The number of rotatable bonds is 4. The number of aliphatic hydroxyl groups is 2. The van der Waals surface area contributed by atoms with Gasteiger partial charge in [0.15, 0.2) is 0 Å². The number of allylic oxidation sites excluding steroid dienone is 1. The Kier molecular flexibility index (Phi) is 5.56. The summed E-state index contributed by atoms with van der Waals surface area (Å²) in [5.74, 6) is 1.14. The first-order valence-electron chi connectivity index (χ1n) is 10.4. The molecule has 0 aromatic carbocycles. The molecule has 0 spiro atoms. The minimum Gasteiger partial charge on any atom is -0.462 e. The average Bonchev–Trinajstić information content (AvgIpc) is 2.87. The molecule has 2 N–H and O–H groups in total. The van der Waals surface area contributed by atoms with E-state index in [2.05, 4.69) is 20.4 Å². The van der Waals surface area contributed by atoms with Crippen LogP contribution in [0.4, 0.5) is 0 Å². The maximum absolute atomic E-state index is 11.7. The number of fused-ring (bicyclic) bond motifs is 1. The fraction of sp³-hybridized carbons (Fsp3) is 0.864. The van der Waals surface area contributed by atoms with Crippen molar-refractivity contribution in [2.75, 3.05) is 6.61 Å². The van der Waals surface area contributed by atoms with E-state index >= 15 is 0 Å². The third-order valence-electron chi connectivity index (χ3n) is 8.25. The quantitative estimate of drug-likeness (QED) is 0.587. The van der Waals surface area contributed by atoms with Crippen LogP contribution in [0.1, 0.15) is 72.1 Å². The van der Waals surface area contributed by atoms with E-state index in [0.29, 0.717) is 24.2 Å². The zero-order chi connectivity index (χ0) is 19.1. The minimum absolute atomic E-state index is 0.129. The second-order valence-electron chi connectivity index (χ2n) is 9.52. The summed E-state index contributed by atoms with van der Waals surface area (Å²) < 4.78 is 5.74. The van der Waals surface area contributed by atoms with Gasteiger partial charge >= 0.3 is 5.97 Å². The summed E-state index contributed by atoms with van der Waals surface area (Å²) in [5, 5.41) is 20.0. The zero-order valence-corrected chi connectivity index (χ0v) is 16.7. The molecule has 3 fully saturated rings. The van der Waals surface area contributed by atoms with Crippen LogP contribution in [0.2, 0.25) is 0 Å². The third-order valence-corrected chi connectivity index (χ3v) is 8.25. The molecule has 4 nitrogen and oxygen atoms in total. The molecular formula is C22H36O4. The van der Waals surface area contributed by atoms with Gasteiger partial charge in [0.25, 0.3) is 0 Å². The largest absolute Gasteiger partial charge is 0.462 e. The first-order valence-corrected chi connectivity index (χ1v) is 10.4. The highest BCUT2D eigenvalue weighted by Gasteiger charge is 2.57.